The zero-order valence-electron chi connectivity index (χ0n) is 15.4. The SMILES string of the molecule is C=C(C)C(=O)OCCCC(=O)OC(COCC(C)CC)CS(=O)(=O)OO. The quantitative estimate of drug-likeness (QED) is 0.153. The minimum absolute atomic E-state index is 0.00796. The summed E-state index contributed by atoms with van der Waals surface area (Å²) in [6, 6.07) is 0. The largest absolute Gasteiger partial charge is 0.462 e. The van der Waals surface area contributed by atoms with Gasteiger partial charge in [-0.25, -0.2) is 10.1 Å². The standard InChI is InChI=1S/C16H28O9S/c1-5-13(4)9-22-10-14(11-26(20,21)25-19)24-15(17)7-6-8-23-16(18)12(2)3/h13-14,19H,2,5-11H2,1,3-4H3. The zero-order valence-corrected chi connectivity index (χ0v) is 16.2. The van der Waals surface area contributed by atoms with Gasteiger partial charge in [0, 0.05) is 18.6 Å². The number of esters is 2. The molecule has 0 spiro atoms. The number of hydrogen-bond acceptors (Lipinski definition) is 9. The molecule has 0 amide bonds. The molecule has 0 saturated heterocycles. The third-order valence-electron chi connectivity index (χ3n) is 3.31. The van der Waals surface area contributed by atoms with Crippen LogP contribution in [0.2, 0.25) is 0 Å². The first-order chi connectivity index (χ1) is 12.1. The molecule has 9 nitrogen and oxygen atoms in total. The van der Waals surface area contributed by atoms with Crippen LogP contribution < -0.4 is 0 Å². The third kappa shape index (κ3) is 12.0. The summed E-state index contributed by atoms with van der Waals surface area (Å²) < 4.78 is 41.4. The molecular weight excluding hydrogens is 368 g/mol. The van der Waals surface area contributed by atoms with Crippen LogP contribution in [0.1, 0.15) is 40.0 Å². The Kier molecular flexibility index (Phi) is 12.1. The van der Waals surface area contributed by atoms with E-state index in [-0.39, 0.29) is 37.5 Å². The van der Waals surface area contributed by atoms with Crippen molar-refractivity contribution in [2.24, 2.45) is 5.92 Å². The Hall–Kier alpha value is -1.49. The molecule has 0 aliphatic heterocycles. The van der Waals surface area contributed by atoms with Crippen molar-refractivity contribution >= 4 is 22.1 Å². The second-order valence-electron chi connectivity index (χ2n) is 5.98. The summed E-state index contributed by atoms with van der Waals surface area (Å²) in [7, 11) is -4.25. The minimum atomic E-state index is -4.25. The number of carbonyl (C=O) groups excluding carboxylic acids is 2. The lowest BCUT2D eigenvalue weighted by molar-refractivity contribution is -0.153. The van der Waals surface area contributed by atoms with E-state index in [4.69, 9.17) is 19.5 Å². The van der Waals surface area contributed by atoms with Gasteiger partial charge in [0.15, 0.2) is 0 Å². The van der Waals surface area contributed by atoms with Crippen LogP contribution in [-0.4, -0.2) is 57.3 Å². The third-order valence-corrected chi connectivity index (χ3v) is 4.32. The van der Waals surface area contributed by atoms with Crippen molar-refractivity contribution in [1.29, 1.82) is 0 Å². The van der Waals surface area contributed by atoms with Gasteiger partial charge in [-0.15, -0.1) is 4.33 Å². The van der Waals surface area contributed by atoms with E-state index in [1.807, 2.05) is 13.8 Å². The Morgan fingerprint density at radius 3 is 2.42 bits per heavy atom. The first kappa shape index (κ1) is 24.5. The van der Waals surface area contributed by atoms with Gasteiger partial charge in [-0.05, 0) is 19.3 Å². The monoisotopic (exact) mass is 396 g/mol. The molecule has 2 unspecified atom stereocenters. The molecular formula is C16H28O9S. The van der Waals surface area contributed by atoms with Crippen LogP contribution in [-0.2, 0) is 38.3 Å². The van der Waals surface area contributed by atoms with Crippen molar-refractivity contribution in [3.63, 3.8) is 0 Å². The van der Waals surface area contributed by atoms with E-state index in [9.17, 15) is 18.0 Å². The maximum atomic E-state index is 11.8. The highest BCUT2D eigenvalue weighted by Crippen LogP contribution is 2.07. The van der Waals surface area contributed by atoms with Crippen LogP contribution in [0.4, 0.5) is 0 Å². The number of rotatable bonds is 14. The van der Waals surface area contributed by atoms with Crippen molar-refractivity contribution in [3.05, 3.63) is 12.2 Å². The van der Waals surface area contributed by atoms with Crippen LogP contribution in [0, 0.1) is 5.92 Å². The Balaban J connectivity index is 4.43. The van der Waals surface area contributed by atoms with Crippen molar-refractivity contribution in [3.8, 4) is 0 Å². The lowest BCUT2D eigenvalue weighted by Gasteiger charge is -2.18. The molecule has 0 fully saturated rings. The van der Waals surface area contributed by atoms with Crippen LogP contribution in [0.15, 0.2) is 12.2 Å². The summed E-state index contributed by atoms with van der Waals surface area (Å²) in [5.41, 5.74) is 0.250. The van der Waals surface area contributed by atoms with E-state index in [0.29, 0.717) is 6.61 Å². The molecule has 0 aliphatic rings. The normalized spacial score (nSPS) is 13.7. The fourth-order valence-corrected chi connectivity index (χ4v) is 2.32. The molecule has 0 saturated carbocycles. The summed E-state index contributed by atoms with van der Waals surface area (Å²) >= 11 is 0. The average Bonchev–Trinajstić information content (AvgIpc) is 2.57. The zero-order chi connectivity index (χ0) is 20.2. The molecule has 0 bridgehead atoms. The molecule has 0 aromatic carbocycles. The topological polar surface area (TPSA) is 125 Å². The molecule has 1 N–H and O–H groups in total. The summed E-state index contributed by atoms with van der Waals surface area (Å²) in [5.74, 6) is -1.71. The highest BCUT2D eigenvalue weighted by atomic mass is 32.2. The van der Waals surface area contributed by atoms with Crippen molar-refractivity contribution in [2.45, 2.75) is 46.1 Å². The van der Waals surface area contributed by atoms with Gasteiger partial charge < -0.3 is 14.2 Å². The fraction of sp³-hybridized carbons (Fsp3) is 0.750. The van der Waals surface area contributed by atoms with E-state index in [2.05, 4.69) is 10.9 Å². The molecule has 0 aliphatic carbocycles. The predicted molar refractivity (Wildman–Crippen MR) is 92.7 cm³/mol. The summed E-state index contributed by atoms with van der Waals surface area (Å²) in [4.78, 5) is 23.0. The number of carbonyl (C=O) groups is 2. The van der Waals surface area contributed by atoms with E-state index in [1.165, 1.54) is 6.92 Å². The van der Waals surface area contributed by atoms with Crippen LogP contribution in [0.5, 0.6) is 0 Å². The Labute approximate surface area is 154 Å². The Morgan fingerprint density at radius 2 is 1.88 bits per heavy atom. The molecule has 10 heteroatoms. The molecule has 152 valence electrons. The fourth-order valence-electron chi connectivity index (χ4n) is 1.64. The van der Waals surface area contributed by atoms with Crippen molar-refractivity contribution in [2.75, 3.05) is 25.6 Å². The maximum Gasteiger partial charge on any atom is 0.333 e. The lowest BCUT2D eigenvalue weighted by Crippen LogP contribution is -2.32. The second-order valence-corrected chi connectivity index (χ2v) is 7.58. The lowest BCUT2D eigenvalue weighted by atomic mass is 10.1. The second kappa shape index (κ2) is 12.8. The first-order valence-corrected chi connectivity index (χ1v) is 9.84. The average molecular weight is 396 g/mol. The molecule has 0 aromatic heterocycles. The van der Waals surface area contributed by atoms with Gasteiger partial charge in [-0.3, -0.25) is 4.79 Å². The first-order valence-electron chi connectivity index (χ1n) is 8.26. The molecule has 0 rings (SSSR count). The number of hydrogen-bond donors (Lipinski definition) is 1. The molecule has 26 heavy (non-hydrogen) atoms. The predicted octanol–water partition coefficient (Wildman–Crippen LogP) is 1.68. The summed E-state index contributed by atoms with van der Waals surface area (Å²) in [6.45, 7) is 9.11. The highest BCUT2D eigenvalue weighted by molar-refractivity contribution is 7.86. The van der Waals surface area contributed by atoms with Gasteiger partial charge in [-0.2, -0.15) is 8.42 Å². The van der Waals surface area contributed by atoms with E-state index in [1.54, 1.807) is 0 Å². The Morgan fingerprint density at radius 1 is 1.23 bits per heavy atom. The van der Waals surface area contributed by atoms with Gasteiger partial charge in [-0.1, -0.05) is 26.8 Å². The summed E-state index contributed by atoms with van der Waals surface area (Å²) in [6.07, 6.45) is -0.111. The Bertz CT molecular complexity index is 556. The smallest absolute Gasteiger partial charge is 0.333 e. The minimum Gasteiger partial charge on any atom is -0.462 e. The van der Waals surface area contributed by atoms with Crippen LogP contribution >= 0.6 is 0 Å². The van der Waals surface area contributed by atoms with Crippen LogP contribution in [0.25, 0.3) is 0 Å². The van der Waals surface area contributed by atoms with Gasteiger partial charge in [0.05, 0.1) is 13.2 Å². The van der Waals surface area contributed by atoms with Gasteiger partial charge >= 0.3 is 11.9 Å². The van der Waals surface area contributed by atoms with Crippen molar-refractivity contribution in [1.82, 2.24) is 0 Å². The number of ether oxygens (including phenoxy) is 3. The van der Waals surface area contributed by atoms with Gasteiger partial charge in [0.2, 0.25) is 0 Å². The molecule has 2 atom stereocenters. The van der Waals surface area contributed by atoms with E-state index in [0.717, 1.165) is 6.42 Å². The van der Waals surface area contributed by atoms with E-state index >= 15 is 0 Å². The molecule has 0 heterocycles. The molecule has 0 aromatic rings. The summed E-state index contributed by atoms with van der Waals surface area (Å²) in [5, 5.41) is 8.37. The van der Waals surface area contributed by atoms with Gasteiger partial charge in [0.25, 0.3) is 10.1 Å². The van der Waals surface area contributed by atoms with Crippen LogP contribution in [0.3, 0.4) is 0 Å². The van der Waals surface area contributed by atoms with Gasteiger partial charge in [0.1, 0.15) is 11.9 Å². The van der Waals surface area contributed by atoms with E-state index < -0.39 is 33.9 Å². The van der Waals surface area contributed by atoms with Crippen molar-refractivity contribution < 1.29 is 41.8 Å². The maximum absolute atomic E-state index is 11.8. The molecule has 0 radical (unpaired) electrons. The highest BCUT2D eigenvalue weighted by Gasteiger charge is 2.24.